The predicted molar refractivity (Wildman–Crippen MR) is 71.2 cm³/mol. The van der Waals surface area contributed by atoms with Gasteiger partial charge in [0.15, 0.2) is 0 Å². The van der Waals surface area contributed by atoms with Gasteiger partial charge in [-0.2, -0.15) is 13.2 Å². The summed E-state index contributed by atoms with van der Waals surface area (Å²) in [6, 6.07) is 4.33. The van der Waals surface area contributed by atoms with Crippen LogP contribution in [-0.4, -0.2) is 30.9 Å². The van der Waals surface area contributed by atoms with E-state index in [1.165, 1.54) is 17.0 Å². The quantitative estimate of drug-likeness (QED) is 0.924. The Labute approximate surface area is 116 Å². The van der Waals surface area contributed by atoms with Crippen LogP contribution in [0.25, 0.3) is 0 Å². The fraction of sp³-hybridized carbons (Fsp3) is 0.500. The lowest BCUT2D eigenvalue weighted by Gasteiger charge is -2.22. The largest absolute Gasteiger partial charge is 0.416 e. The molecule has 0 spiro atoms. The molecule has 1 aromatic rings. The van der Waals surface area contributed by atoms with E-state index in [2.05, 4.69) is 5.32 Å². The first-order valence-corrected chi connectivity index (χ1v) is 6.27. The maximum absolute atomic E-state index is 12.5. The summed E-state index contributed by atoms with van der Waals surface area (Å²) in [5, 5.41) is 3.06. The molecule has 0 radical (unpaired) electrons. The van der Waals surface area contributed by atoms with Crippen LogP contribution in [-0.2, 0) is 11.0 Å². The third-order valence-electron chi connectivity index (χ3n) is 3.05. The maximum Gasteiger partial charge on any atom is 0.416 e. The van der Waals surface area contributed by atoms with E-state index in [0.29, 0.717) is 5.56 Å². The molecule has 0 saturated heterocycles. The van der Waals surface area contributed by atoms with Gasteiger partial charge in [-0.05, 0) is 31.5 Å². The first-order valence-electron chi connectivity index (χ1n) is 6.27. The number of nitrogens with one attached hydrogen (secondary N) is 1. The summed E-state index contributed by atoms with van der Waals surface area (Å²) in [6.45, 7) is 3.53. The third kappa shape index (κ3) is 4.23. The fourth-order valence-corrected chi connectivity index (χ4v) is 1.89. The minimum absolute atomic E-state index is 0.0799. The smallest absolute Gasteiger partial charge is 0.347 e. The lowest BCUT2D eigenvalue weighted by molar-refractivity contribution is -0.137. The highest BCUT2D eigenvalue weighted by molar-refractivity contribution is 5.80. The van der Waals surface area contributed by atoms with Gasteiger partial charge < -0.3 is 4.90 Å². The Morgan fingerprint density at radius 3 is 2.05 bits per heavy atom. The van der Waals surface area contributed by atoms with Gasteiger partial charge in [0.1, 0.15) is 0 Å². The van der Waals surface area contributed by atoms with Crippen molar-refractivity contribution < 1.29 is 18.0 Å². The number of halogens is 3. The molecule has 112 valence electrons. The summed E-state index contributed by atoms with van der Waals surface area (Å²) in [5.74, 6) is -0.0799. The molecular weight excluding hydrogens is 269 g/mol. The highest BCUT2D eigenvalue weighted by Gasteiger charge is 2.30. The number of rotatable bonds is 4. The number of carbonyl (C=O) groups is 1. The van der Waals surface area contributed by atoms with Gasteiger partial charge in [-0.1, -0.05) is 12.1 Å². The molecule has 0 aliphatic rings. The standard InChI is InChI=1S/C14H19F3N2O/c1-9(18-10(2)13(20)19(3)4)11-5-7-12(8-6-11)14(15,16)17/h5-10,18H,1-4H3. The van der Waals surface area contributed by atoms with Crippen LogP contribution >= 0.6 is 0 Å². The van der Waals surface area contributed by atoms with Crippen LogP contribution < -0.4 is 5.32 Å². The van der Waals surface area contributed by atoms with E-state index >= 15 is 0 Å². The molecule has 0 aliphatic heterocycles. The Hall–Kier alpha value is -1.56. The summed E-state index contributed by atoms with van der Waals surface area (Å²) < 4.78 is 37.4. The van der Waals surface area contributed by atoms with Crippen molar-refractivity contribution >= 4 is 5.91 Å². The highest BCUT2D eigenvalue weighted by Crippen LogP contribution is 2.29. The van der Waals surface area contributed by atoms with Crippen molar-refractivity contribution in [2.75, 3.05) is 14.1 Å². The van der Waals surface area contributed by atoms with Crippen LogP contribution in [0.1, 0.15) is 31.0 Å². The van der Waals surface area contributed by atoms with Crippen LogP contribution in [0.3, 0.4) is 0 Å². The summed E-state index contributed by atoms with van der Waals surface area (Å²) in [5.41, 5.74) is 0.0299. The Bertz CT molecular complexity index is 454. The summed E-state index contributed by atoms with van der Waals surface area (Å²) in [6.07, 6.45) is -4.33. The Balaban J connectivity index is 2.73. The van der Waals surface area contributed by atoms with Gasteiger partial charge in [0.2, 0.25) is 5.91 Å². The third-order valence-corrected chi connectivity index (χ3v) is 3.05. The molecule has 0 aromatic heterocycles. The van der Waals surface area contributed by atoms with E-state index in [1.54, 1.807) is 21.0 Å². The molecule has 1 aromatic carbocycles. The Morgan fingerprint density at radius 2 is 1.65 bits per heavy atom. The first kappa shape index (κ1) is 16.5. The second kappa shape index (κ2) is 6.26. The second-order valence-electron chi connectivity index (χ2n) is 4.96. The zero-order chi connectivity index (χ0) is 15.5. The van der Waals surface area contributed by atoms with Gasteiger partial charge in [0.05, 0.1) is 11.6 Å². The molecule has 2 atom stereocenters. The molecule has 1 rings (SSSR count). The average molecular weight is 288 g/mol. The summed E-state index contributed by atoms with van der Waals surface area (Å²) in [4.78, 5) is 13.2. The zero-order valence-electron chi connectivity index (χ0n) is 12.0. The van der Waals surface area contributed by atoms with Crippen molar-refractivity contribution in [1.82, 2.24) is 10.2 Å². The van der Waals surface area contributed by atoms with E-state index in [9.17, 15) is 18.0 Å². The number of hydrogen-bond donors (Lipinski definition) is 1. The minimum atomic E-state index is -4.33. The predicted octanol–water partition coefficient (Wildman–Crippen LogP) is 2.83. The summed E-state index contributed by atoms with van der Waals surface area (Å²) >= 11 is 0. The molecule has 0 aliphatic carbocycles. The number of carbonyl (C=O) groups excluding carboxylic acids is 1. The monoisotopic (exact) mass is 288 g/mol. The van der Waals surface area contributed by atoms with Crippen molar-refractivity contribution in [3.63, 3.8) is 0 Å². The van der Waals surface area contributed by atoms with Crippen molar-refractivity contribution in [2.24, 2.45) is 0 Å². The molecule has 3 nitrogen and oxygen atoms in total. The molecule has 0 heterocycles. The molecule has 0 bridgehead atoms. The topological polar surface area (TPSA) is 32.3 Å². The fourth-order valence-electron chi connectivity index (χ4n) is 1.89. The van der Waals surface area contributed by atoms with E-state index in [0.717, 1.165) is 12.1 Å². The maximum atomic E-state index is 12.5. The molecule has 1 N–H and O–H groups in total. The van der Waals surface area contributed by atoms with Gasteiger partial charge in [-0.15, -0.1) is 0 Å². The average Bonchev–Trinajstić information content (AvgIpc) is 2.36. The van der Waals surface area contributed by atoms with Crippen LogP contribution in [0.2, 0.25) is 0 Å². The lowest BCUT2D eigenvalue weighted by atomic mass is 10.0. The van der Waals surface area contributed by atoms with Gasteiger partial charge in [-0.25, -0.2) is 0 Å². The van der Waals surface area contributed by atoms with E-state index in [4.69, 9.17) is 0 Å². The van der Waals surface area contributed by atoms with Crippen LogP contribution in [0.4, 0.5) is 13.2 Å². The highest BCUT2D eigenvalue weighted by atomic mass is 19.4. The van der Waals surface area contributed by atoms with E-state index in [1.807, 2.05) is 6.92 Å². The van der Waals surface area contributed by atoms with Crippen molar-refractivity contribution in [2.45, 2.75) is 32.1 Å². The Morgan fingerprint density at radius 1 is 1.15 bits per heavy atom. The molecule has 6 heteroatoms. The number of benzene rings is 1. The normalized spacial score (nSPS) is 14.8. The van der Waals surface area contributed by atoms with Crippen molar-refractivity contribution in [3.8, 4) is 0 Å². The van der Waals surface area contributed by atoms with Gasteiger partial charge in [0.25, 0.3) is 0 Å². The van der Waals surface area contributed by atoms with Gasteiger partial charge in [-0.3, -0.25) is 10.1 Å². The molecule has 2 unspecified atom stereocenters. The van der Waals surface area contributed by atoms with E-state index < -0.39 is 17.8 Å². The van der Waals surface area contributed by atoms with Gasteiger partial charge >= 0.3 is 6.18 Å². The number of likely N-dealkylation sites (N-methyl/N-ethyl adjacent to an activating group) is 1. The summed E-state index contributed by atoms with van der Waals surface area (Å²) in [7, 11) is 3.31. The number of amides is 1. The minimum Gasteiger partial charge on any atom is -0.347 e. The van der Waals surface area contributed by atoms with E-state index in [-0.39, 0.29) is 11.9 Å². The van der Waals surface area contributed by atoms with Crippen LogP contribution in [0.5, 0.6) is 0 Å². The van der Waals surface area contributed by atoms with Crippen LogP contribution in [0.15, 0.2) is 24.3 Å². The number of nitrogens with zero attached hydrogens (tertiary/aromatic N) is 1. The Kier molecular flexibility index (Phi) is 5.16. The number of alkyl halides is 3. The van der Waals surface area contributed by atoms with Crippen LogP contribution in [0, 0.1) is 0 Å². The number of hydrogen-bond acceptors (Lipinski definition) is 2. The molecule has 0 saturated carbocycles. The molecule has 0 fully saturated rings. The lowest BCUT2D eigenvalue weighted by Crippen LogP contribution is -2.42. The van der Waals surface area contributed by atoms with Crippen molar-refractivity contribution in [3.05, 3.63) is 35.4 Å². The van der Waals surface area contributed by atoms with Gasteiger partial charge in [0, 0.05) is 20.1 Å². The second-order valence-corrected chi connectivity index (χ2v) is 4.96. The molecule has 1 amide bonds. The molecule has 20 heavy (non-hydrogen) atoms. The zero-order valence-corrected chi connectivity index (χ0v) is 12.0. The first-order chi connectivity index (χ1) is 9.12. The molecular formula is C14H19F3N2O. The van der Waals surface area contributed by atoms with Crippen molar-refractivity contribution in [1.29, 1.82) is 0 Å². The SMILES string of the molecule is CC(NC(C)c1ccc(C(F)(F)F)cc1)C(=O)N(C)C.